The number of nitrogens with two attached hydrogens (primary N) is 1. The van der Waals surface area contributed by atoms with Gasteiger partial charge in [-0.05, 0) is 44.4 Å². The number of hydrogen-bond acceptors (Lipinski definition) is 3. The molecule has 0 saturated heterocycles. The Balaban J connectivity index is 3.46. The number of rotatable bonds is 9. The lowest BCUT2D eigenvalue weighted by Crippen LogP contribution is -2.34. The van der Waals surface area contributed by atoms with Gasteiger partial charge in [-0.15, -0.1) is 0 Å². The molecule has 0 aliphatic rings. The van der Waals surface area contributed by atoms with Crippen molar-refractivity contribution in [3.63, 3.8) is 0 Å². The molecule has 0 aromatic rings. The standard InChI is InChI=1S/C12H26N2OS/c1-10(2)5-6-11(3)14-12(15)9-16-8-4-7-13/h10-11H,4-9,13H2,1-3H3,(H,14,15). The van der Waals surface area contributed by atoms with Crippen molar-refractivity contribution in [2.24, 2.45) is 11.7 Å². The molecule has 16 heavy (non-hydrogen) atoms. The van der Waals surface area contributed by atoms with Crippen LogP contribution in [0.25, 0.3) is 0 Å². The topological polar surface area (TPSA) is 55.1 Å². The van der Waals surface area contributed by atoms with Crippen molar-refractivity contribution in [2.75, 3.05) is 18.1 Å². The molecular weight excluding hydrogens is 220 g/mol. The van der Waals surface area contributed by atoms with E-state index in [1.807, 2.05) is 0 Å². The van der Waals surface area contributed by atoms with Crippen LogP contribution in [0.2, 0.25) is 0 Å². The van der Waals surface area contributed by atoms with Gasteiger partial charge in [0.25, 0.3) is 0 Å². The van der Waals surface area contributed by atoms with Crippen molar-refractivity contribution in [1.29, 1.82) is 0 Å². The van der Waals surface area contributed by atoms with E-state index in [4.69, 9.17) is 5.73 Å². The van der Waals surface area contributed by atoms with Crippen LogP contribution in [0.3, 0.4) is 0 Å². The minimum atomic E-state index is 0.151. The van der Waals surface area contributed by atoms with E-state index < -0.39 is 0 Å². The van der Waals surface area contributed by atoms with E-state index in [2.05, 4.69) is 26.1 Å². The monoisotopic (exact) mass is 246 g/mol. The summed E-state index contributed by atoms with van der Waals surface area (Å²) in [6, 6.07) is 0.296. The Kier molecular flexibility index (Phi) is 9.83. The molecule has 0 fully saturated rings. The molecule has 3 nitrogen and oxygen atoms in total. The number of thioether (sulfide) groups is 1. The van der Waals surface area contributed by atoms with Crippen LogP contribution < -0.4 is 11.1 Å². The third-order valence-corrected chi connectivity index (χ3v) is 3.35. The molecule has 1 amide bonds. The van der Waals surface area contributed by atoms with E-state index in [9.17, 15) is 4.79 Å². The molecule has 0 aliphatic carbocycles. The predicted molar refractivity (Wildman–Crippen MR) is 72.7 cm³/mol. The number of amides is 1. The molecule has 1 unspecified atom stereocenters. The summed E-state index contributed by atoms with van der Waals surface area (Å²) in [6.07, 6.45) is 3.22. The molecule has 4 heteroatoms. The van der Waals surface area contributed by atoms with Crippen LogP contribution in [0.15, 0.2) is 0 Å². The first-order valence-corrected chi connectivity index (χ1v) is 7.29. The van der Waals surface area contributed by atoms with Crippen molar-refractivity contribution in [2.45, 2.75) is 46.1 Å². The maximum absolute atomic E-state index is 11.5. The highest BCUT2D eigenvalue weighted by atomic mass is 32.2. The van der Waals surface area contributed by atoms with Crippen molar-refractivity contribution in [3.8, 4) is 0 Å². The summed E-state index contributed by atoms with van der Waals surface area (Å²) >= 11 is 1.66. The fourth-order valence-corrected chi connectivity index (χ4v) is 2.11. The minimum absolute atomic E-state index is 0.151. The number of nitrogens with one attached hydrogen (secondary N) is 1. The van der Waals surface area contributed by atoms with E-state index >= 15 is 0 Å². The Bertz CT molecular complexity index is 186. The molecule has 0 bridgehead atoms. The van der Waals surface area contributed by atoms with E-state index in [0.29, 0.717) is 24.3 Å². The summed E-state index contributed by atoms with van der Waals surface area (Å²) in [5.74, 6) is 2.40. The molecule has 0 heterocycles. The van der Waals surface area contributed by atoms with Crippen molar-refractivity contribution < 1.29 is 4.79 Å². The Morgan fingerprint density at radius 2 is 2.00 bits per heavy atom. The summed E-state index contributed by atoms with van der Waals surface area (Å²) in [7, 11) is 0. The zero-order chi connectivity index (χ0) is 12.4. The number of hydrogen-bond donors (Lipinski definition) is 2. The Labute approximate surface area is 104 Å². The lowest BCUT2D eigenvalue weighted by atomic mass is 10.0. The Hall–Kier alpha value is -0.220. The summed E-state index contributed by atoms with van der Waals surface area (Å²) in [5, 5.41) is 3.02. The fraction of sp³-hybridized carbons (Fsp3) is 0.917. The molecule has 96 valence electrons. The van der Waals surface area contributed by atoms with Crippen LogP contribution in [-0.2, 0) is 4.79 Å². The molecular formula is C12H26N2OS. The fourth-order valence-electron chi connectivity index (χ4n) is 1.32. The molecule has 3 N–H and O–H groups in total. The summed E-state index contributed by atoms with van der Waals surface area (Å²) < 4.78 is 0. The summed E-state index contributed by atoms with van der Waals surface area (Å²) in [4.78, 5) is 11.5. The van der Waals surface area contributed by atoms with Crippen molar-refractivity contribution in [1.82, 2.24) is 5.32 Å². The van der Waals surface area contributed by atoms with Gasteiger partial charge in [0, 0.05) is 6.04 Å². The van der Waals surface area contributed by atoms with Gasteiger partial charge >= 0.3 is 0 Å². The van der Waals surface area contributed by atoms with Crippen molar-refractivity contribution in [3.05, 3.63) is 0 Å². The first-order valence-electron chi connectivity index (χ1n) is 6.13. The van der Waals surface area contributed by atoms with Gasteiger partial charge in [0.05, 0.1) is 5.75 Å². The molecule has 0 rings (SSSR count). The van der Waals surface area contributed by atoms with E-state index in [1.165, 1.54) is 6.42 Å². The smallest absolute Gasteiger partial charge is 0.230 e. The van der Waals surface area contributed by atoms with Gasteiger partial charge in [0.1, 0.15) is 0 Å². The highest BCUT2D eigenvalue weighted by Gasteiger charge is 2.07. The van der Waals surface area contributed by atoms with Gasteiger partial charge in [-0.2, -0.15) is 11.8 Å². The second kappa shape index (κ2) is 9.97. The average Bonchev–Trinajstić information content (AvgIpc) is 2.21. The molecule has 0 spiro atoms. The first-order chi connectivity index (χ1) is 7.56. The molecule has 0 aromatic heterocycles. The third-order valence-electron chi connectivity index (χ3n) is 2.31. The summed E-state index contributed by atoms with van der Waals surface area (Å²) in [5.41, 5.74) is 5.38. The van der Waals surface area contributed by atoms with Crippen LogP contribution in [0.5, 0.6) is 0 Å². The maximum Gasteiger partial charge on any atom is 0.230 e. The zero-order valence-electron chi connectivity index (χ0n) is 10.8. The van der Waals surface area contributed by atoms with Gasteiger partial charge < -0.3 is 11.1 Å². The van der Waals surface area contributed by atoms with E-state index in [1.54, 1.807) is 11.8 Å². The zero-order valence-corrected chi connectivity index (χ0v) is 11.6. The summed E-state index contributed by atoms with van der Waals surface area (Å²) in [6.45, 7) is 7.19. The maximum atomic E-state index is 11.5. The van der Waals surface area contributed by atoms with Gasteiger partial charge in [-0.3, -0.25) is 4.79 Å². The van der Waals surface area contributed by atoms with Gasteiger partial charge in [0.15, 0.2) is 0 Å². The Morgan fingerprint density at radius 3 is 2.56 bits per heavy atom. The second-order valence-electron chi connectivity index (χ2n) is 4.63. The average molecular weight is 246 g/mol. The van der Waals surface area contributed by atoms with Crippen LogP contribution in [0.1, 0.15) is 40.0 Å². The van der Waals surface area contributed by atoms with Crippen LogP contribution in [0.4, 0.5) is 0 Å². The normalized spacial score (nSPS) is 12.8. The highest BCUT2D eigenvalue weighted by Crippen LogP contribution is 2.07. The molecule has 1 atom stereocenters. The van der Waals surface area contributed by atoms with E-state index in [-0.39, 0.29) is 5.91 Å². The number of carbonyl (C=O) groups is 1. The molecule has 0 aromatic carbocycles. The second-order valence-corrected chi connectivity index (χ2v) is 5.74. The first kappa shape index (κ1) is 15.8. The number of carbonyl (C=O) groups excluding carboxylic acids is 1. The van der Waals surface area contributed by atoms with Crippen LogP contribution >= 0.6 is 11.8 Å². The Morgan fingerprint density at radius 1 is 1.31 bits per heavy atom. The van der Waals surface area contributed by atoms with Gasteiger partial charge in [0.2, 0.25) is 5.91 Å². The molecule has 0 saturated carbocycles. The lowest BCUT2D eigenvalue weighted by molar-refractivity contribution is -0.119. The van der Waals surface area contributed by atoms with Crippen LogP contribution in [0, 0.1) is 5.92 Å². The third kappa shape index (κ3) is 10.3. The van der Waals surface area contributed by atoms with Crippen LogP contribution in [-0.4, -0.2) is 30.0 Å². The van der Waals surface area contributed by atoms with Gasteiger partial charge in [-0.25, -0.2) is 0 Å². The van der Waals surface area contributed by atoms with Crippen molar-refractivity contribution >= 4 is 17.7 Å². The highest BCUT2D eigenvalue weighted by molar-refractivity contribution is 7.99. The minimum Gasteiger partial charge on any atom is -0.353 e. The quantitative estimate of drug-likeness (QED) is 0.612. The van der Waals surface area contributed by atoms with Gasteiger partial charge in [-0.1, -0.05) is 13.8 Å². The lowest BCUT2D eigenvalue weighted by Gasteiger charge is -2.14. The predicted octanol–water partition coefficient (Wildman–Crippen LogP) is 2.01. The molecule has 0 radical (unpaired) electrons. The van der Waals surface area contributed by atoms with E-state index in [0.717, 1.165) is 18.6 Å². The largest absolute Gasteiger partial charge is 0.353 e. The SMILES string of the molecule is CC(C)CCC(C)NC(=O)CSCCCN. The molecule has 0 aliphatic heterocycles.